The van der Waals surface area contributed by atoms with Gasteiger partial charge >= 0.3 is 0 Å². The van der Waals surface area contributed by atoms with Crippen molar-refractivity contribution >= 4 is 21.9 Å². The first kappa shape index (κ1) is 14.4. The van der Waals surface area contributed by atoms with Crippen LogP contribution < -0.4 is 20.6 Å². The Morgan fingerprint density at radius 2 is 2.25 bits per heavy atom. The van der Waals surface area contributed by atoms with Gasteiger partial charge in [0, 0.05) is 0 Å². The molecule has 0 amide bonds. The Labute approximate surface area is 124 Å². The number of hydrogen-bond acceptors (Lipinski definition) is 7. The molecule has 8 nitrogen and oxygen atoms in total. The van der Waals surface area contributed by atoms with Crippen LogP contribution in [0.5, 0.6) is 11.5 Å². The van der Waals surface area contributed by atoms with Gasteiger partial charge in [-0.2, -0.15) is 0 Å². The lowest BCUT2D eigenvalue weighted by atomic mass is 10.2. The molecule has 1 heterocycles. The van der Waals surface area contributed by atoms with Gasteiger partial charge in [-0.1, -0.05) is 5.10 Å². The first-order valence-electron chi connectivity index (χ1n) is 5.92. The molecule has 2 rings (SSSR count). The highest BCUT2D eigenvalue weighted by atomic mass is 79.9. The van der Waals surface area contributed by atoms with Crippen molar-refractivity contribution in [1.82, 2.24) is 20.3 Å². The Morgan fingerprint density at radius 1 is 1.45 bits per heavy atom. The van der Waals surface area contributed by atoms with Gasteiger partial charge in [0.2, 0.25) is 0 Å². The van der Waals surface area contributed by atoms with E-state index in [0.29, 0.717) is 24.7 Å². The van der Waals surface area contributed by atoms with Gasteiger partial charge in [-0.3, -0.25) is 0 Å². The summed E-state index contributed by atoms with van der Waals surface area (Å²) in [5, 5.41) is 10.7. The fraction of sp³-hybridized carbons (Fsp3) is 0.364. The first-order chi connectivity index (χ1) is 9.65. The number of halogens is 1. The normalized spacial score (nSPS) is 10.3. The van der Waals surface area contributed by atoms with Gasteiger partial charge in [0.25, 0.3) is 5.95 Å². The van der Waals surface area contributed by atoms with Crippen LogP contribution in [0.15, 0.2) is 16.6 Å². The van der Waals surface area contributed by atoms with Crippen LogP contribution in [-0.2, 0) is 6.54 Å². The predicted molar refractivity (Wildman–Crippen MR) is 77.2 cm³/mol. The summed E-state index contributed by atoms with van der Waals surface area (Å²) in [5.74, 6) is 1.53. The second-order valence-corrected chi connectivity index (χ2v) is 4.68. The molecule has 0 spiro atoms. The second-order valence-electron chi connectivity index (χ2n) is 3.83. The van der Waals surface area contributed by atoms with Gasteiger partial charge in [-0.25, -0.2) is 0 Å². The zero-order valence-corrected chi connectivity index (χ0v) is 12.7. The lowest BCUT2D eigenvalue weighted by molar-refractivity contribution is 0.309. The van der Waals surface area contributed by atoms with E-state index in [1.165, 1.54) is 4.79 Å². The van der Waals surface area contributed by atoms with Crippen molar-refractivity contribution in [3.8, 4) is 11.5 Å². The maximum Gasteiger partial charge on any atom is 0.260 e. The molecule has 0 aliphatic heterocycles. The molecule has 0 saturated carbocycles. The molecule has 0 unspecified atom stereocenters. The van der Waals surface area contributed by atoms with E-state index in [1.807, 2.05) is 19.1 Å². The standard InChI is InChI=1S/C11H15BrN6O2/c1-3-20-9-5-7(4-8(12)10(9)19-2)6-14-18-11(13)15-16-17-18/h4-5,14H,3,6H2,1-2H3,(H2,13,15,17). The van der Waals surface area contributed by atoms with Crippen molar-refractivity contribution in [2.45, 2.75) is 13.5 Å². The first-order valence-corrected chi connectivity index (χ1v) is 6.72. The molecule has 1 aromatic carbocycles. The third-order valence-corrected chi connectivity index (χ3v) is 3.09. The molecule has 0 aliphatic carbocycles. The van der Waals surface area contributed by atoms with Crippen LogP contribution in [0, 0.1) is 0 Å². The van der Waals surface area contributed by atoms with Crippen LogP contribution in [0.2, 0.25) is 0 Å². The van der Waals surface area contributed by atoms with Crippen molar-refractivity contribution < 1.29 is 9.47 Å². The topological polar surface area (TPSA) is 100 Å². The number of nitrogens with one attached hydrogen (secondary N) is 1. The molecule has 0 fully saturated rings. The minimum Gasteiger partial charge on any atom is -0.492 e. The summed E-state index contributed by atoms with van der Waals surface area (Å²) in [6.07, 6.45) is 0. The fourth-order valence-corrected chi connectivity index (χ4v) is 2.31. The predicted octanol–water partition coefficient (Wildman–Crippen LogP) is 1.17. The highest BCUT2D eigenvalue weighted by Crippen LogP contribution is 2.36. The summed E-state index contributed by atoms with van der Waals surface area (Å²) in [6, 6.07) is 3.82. The third kappa shape index (κ3) is 3.10. The molecule has 20 heavy (non-hydrogen) atoms. The largest absolute Gasteiger partial charge is 0.492 e. The minimum atomic E-state index is 0.197. The van der Waals surface area contributed by atoms with Gasteiger partial charge in [0.15, 0.2) is 11.5 Å². The molecule has 108 valence electrons. The van der Waals surface area contributed by atoms with Crippen LogP contribution in [0.3, 0.4) is 0 Å². The number of aromatic nitrogens is 4. The summed E-state index contributed by atoms with van der Waals surface area (Å²) >= 11 is 3.46. The van der Waals surface area contributed by atoms with E-state index in [4.69, 9.17) is 15.2 Å². The molecule has 0 bridgehead atoms. The van der Waals surface area contributed by atoms with Crippen LogP contribution in [-0.4, -0.2) is 34.0 Å². The lowest BCUT2D eigenvalue weighted by Crippen LogP contribution is -2.18. The summed E-state index contributed by atoms with van der Waals surface area (Å²) < 4.78 is 11.7. The van der Waals surface area contributed by atoms with Crippen LogP contribution in [0.25, 0.3) is 0 Å². The number of hydrogen-bond donors (Lipinski definition) is 2. The van der Waals surface area contributed by atoms with E-state index in [1.54, 1.807) is 7.11 Å². The number of ether oxygens (including phenoxy) is 2. The van der Waals surface area contributed by atoms with Gasteiger partial charge in [-0.15, -0.1) is 4.79 Å². The highest BCUT2D eigenvalue weighted by molar-refractivity contribution is 9.10. The van der Waals surface area contributed by atoms with E-state index < -0.39 is 0 Å². The van der Waals surface area contributed by atoms with E-state index in [2.05, 4.69) is 36.9 Å². The number of rotatable bonds is 6. The fourth-order valence-electron chi connectivity index (χ4n) is 1.66. The molecule has 3 N–H and O–H groups in total. The quantitative estimate of drug-likeness (QED) is 0.812. The summed E-state index contributed by atoms with van der Waals surface area (Å²) in [6.45, 7) is 2.96. The highest BCUT2D eigenvalue weighted by Gasteiger charge is 2.11. The average molecular weight is 343 g/mol. The monoisotopic (exact) mass is 342 g/mol. The zero-order valence-electron chi connectivity index (χ0n) is 11.1. The summed E-state index contributed by atoms with van der Waals surface area (Å²) in [5.41, 5.74) is 9.52. The van der Waals surface area contributed by atoms with Gasteiger partial charge in [0.1, 0.15) is 0 Å². The number of nitrogen functional groups attached to an aromatic ring is 1. The van der Waals surface area contributed by atoms with Crippen molar-refractivity contribution in [3.63, 3.8) is 0 Å². The van der Waals surface area contributed by atoms with Crippen LogP contribution >= 0.6 is 15.9 Å². The Kier molecular flexibility index (Phi) is 4.61. The van der Waals surface area contributed by atoms with Crippen LogP contribution in [0.1, 0.15) is 12.5 Å². The number of benzene rings is 1. The van der Waals surface area contributed by atoms with Crippen molar-refractivity contribution in [3.05, 3.63) is 22.2 Å². The second kappa shape index (κ2) is 6.42. The van der Waals surface area contributed by atoms with Gasteiger partial charge in [0.05, 0.1) is 24.7 Å². The molecule has 0 saturated heterocycles. The van der Waals surface area contributed by atoms with Crippen molar-refractivity contribution in [2.24, 2.45) is 0 Å². The van der Waals surface area contributed by atoms with Gasteiger partial charge < -0.3 is 20.6 Å². The Hall–Kier alpha value is -2.03. The molecular weight excluding hydrogens is 328 g/mol. The number of nitrogens with two attached hydrogens (primary N) is 1. The number of nitrogens with zero attached hydrogens (tertiary/aromatic N) is 4. The van der Waals surface area contributed by atoms with Gasteiger partial charge in [-0.05, 0) is 51.0 Å². The molecule has 0 atom stereocenters. The zero-order chi connectivity index (χ0) is 14.5. The number of methoxy groups -OCH3 is 1. The molecule has 2 aromatic rings. The van der Waals surface area contributed by atoms with E-state index >= 15 is 0 Å². The Bertz CT molecular complexity index is 588. The Morgan fingerprint density at radius 3 is 2.85 bits per heavy atom. The third-order valence-electron chi connectivity index (χ3n) is 2.50. The summed E-state index contributed by atoms with van der Waals surface area (Å²) in [7, 11) is 1.60. The van der Waals surface area contributed by atoms with Crippen molar-refractivity contribution in [1.29, 1.82) is 0 Å². The number of tetrazole rings is 1. The van der Waals surface area contributed by atoms with E-state index in [0.717, 1.165) is 10.0 Å². The SMILES string of the molecule is CCOc1cc(CNn2nnnc2N)cc(Br)c1OC. The minimum absolute atomic E-state index is 0.197. The molecule has 0 radical (unpaired) electrons. The summed E-state index contributed by atoms with van der Waals surface area (Å²) in [4.78, 5) is 1.30. The lowest BCUT2D eigenvalue weighted by Gasteiger charge is -2.14. The molecule has 1 aromatic heterocycles. The van der Waals surface area contributed by atoms with E-state index in [-0.39, 0.29) is 5.95 Å². The molecular formula is C11H15BrN6O2. The average Bonchev–Trinajstić information content (AvgIpc) is 2.82. The van der Waals surface area contributed by atoms with E-state index in [9.17, 15) is 0 Å². The maximum atomic E-state index is 5.57. The molecule has 0 aliphatic rings. The Balaban J connectivity index is 2.17. The number of anilines is 1. The smallest absolute Gasteiger partial charge is 0.260 e. The molecule has 9 heteroatoms. The van der Waals surface area contributed by atoms with Crippen molar-refractivity contribution in [2.75, 3.05) is 24.9 Å². The van der Waals surface area contributed by atoms with Crippen LogP contribution in [0.4, 0.5) is 5.95 Å². The maximum absolute atomic E-state index is 5.57.